The van der Waals surface area contributed by atoms with E-state index in [4.69, 9.17) is 0 Å². The first kappa shape index (κ1) is 16.0. The molecule has 3 rings (SSSR count). The van der Waals surface area contributed by atoms with Gasteiger partial charge in [-0.25, -0.2) is 9.18 Å². The molecule has 1 heterocycles. The quantitative estimate of drug-likeness (QED) is 0.910. The molecule has 2 aromatic rings. The van der Waals surface area contributed by atoms with Gasteiger partial charge in [-0.15, -0.1) is 0 Å². The molecular formula is C18H18FN3O2. The fourth-order valence-electron chi connectivity index (χ4n) is 2.67. The lowest BCUT2D eigenvalue weighted by atomic mass is 10.2. The van der Waals surface area contributed by atoms with Gasteiger partial charge in [0, 0.05) is 17.9 Å². The van der Waals surface area contributed by atoms with Crippen molar-refractivity contribution in [2.45, 2.75) is 19.4 Å². The molecule has 0 saturated carbocycles. The van der Waals surface area contributed by atoms with E-state index in [0.717, 1.165) is 5.69 Å². The summed E-state index contributed by atoms with van der Waals surface area (Å²) in [6, 6.07) is 12.7. The Kier molecular flexibility index (Phi) is 4.46. The number of anilines is 2. The normalized spacial score (nSPS) is 17.0. The Bertz CT molecular complexity index is 764. The SMILES string of the molecule is Cc1ccc(NC(=O)N[C@@H]2CCN(c3ccccc3)C2=O)cc1F. The molecule has 1 aliphatic heterocycles. The number of carbonyl (C=O) groups excluding carboxylic acids is 2. The van der Waals surface area contributed by atoms with Crippen molar-refractivity contribution in [2.24, 2.45) is 0 Å². The van der Waals surface area contributed by atoms with Crippen LogP contribution < -0.4 is 15.5 Å². The van der Waals surface area contributed by atoms with Crippen LogP contribution in [0.1, 0.15) is 12.0 Å². The number of nitrogens with one attached hydrogen (secondary N) is 2. The van der Waals surface area contributed by atoms with Crippen molar-refractivity contribution in [3.8, 4) is 0 Å². The zero-order valence-corrected chi connectivity index (χ0v) is 13.3. The number of benzene rings is 2. The molecule has 1 atom stereocenters. The fraction of sp³-hybridized carbons (Fsp3) is 0.222. The number of urea groups is 1. The van der Waals surface area contributed by atoms with Crippen LogP contribution >= 0.6 is 0 Å². The van der Waals surface area contributed by atoms with E-state index < -0.39 is 12.1 Å². The third-order valence-electron chi connectivity index (χ3n) is 4.01. The third-order valence-corrected chi connectivity index (χ3v) is 4.01. The van der Waals surface area contributed by atoms with Gasteiger partial charge in [-0.3, -0.25) is 4.79 Å². The Balaban J connectivity index is 1.61. The molecule has 2 aromatic carbocycles. The maximum atomic E-state index is 13.5. The maximum absolute atomic E-state index is 13.5. The van der Waals surface area contributed by atoms with Crippen LogP contribution in [0.2, 0.25) is 0 Å². The molecule has 2 N–H and O–H groups in total. The summed E-state index contributed by atoms with van der Waals surface area (Å²) in [5.41, 5.74) is 1.67. The monoisotopic (exact) mass is 327 g/mol. The highest BCUT2D eigenvalue weighted by Crippen LogP contribution is 2.21. The number of carbonyl (C=O) groups is 2. The number of halogens is 1. The highest BCUT2D eigenvalue weighted by atomic mass is 19.1. The Morgan fingerprint density at radius 2 is 1.96 bits per heavy atom. The van der Waals surface area contributed by atoms with Crippen molar-refractivity contribution in [1.29, 1.82) is 0 Å². The van der Waals surface area contributed by atoms with Crippen molar-refractivity contribution < 1.29 is 14.0 Å². The van der Waals surface area contributed by atoms with E-state index >= 15 is 0 Å². The van der Waals surface area contributed by atoms with Gasteiger partial charge in [-0.2, -0.15) is 0 Å². The number of aryl methyl sites for hydroxylation is 1. The minimum atomic E-state index is -0.583. The molecule has 0 aromatic heterocycles. The molecule has 0 bridgehead atoms. The second-order valence-electron chi connectivity index (χ2n) is 5.73. The van der Waals surface area contributed by atoms with E-state index in [0.29, 0.717) is 24.2 Å². The molecule has 6 heteroatoms. The van der Waals surface area contributed by atoms with E-state index in [1.807, 2.05) is 30.3 Å². The molecular weight excluding hydrogens is 309 g/mol. The van der Waals surface area contributed by atoms with E-state index in [1.165, 1.54) is 6.07 Å². The Morgan fingerprint density at radius 3 is 2.67 bits per heavy atom. The zero-order valence-electron chi connectivity index (χ0n) is 13.3. The van der Waals surface area contributed by atoms with Crippen LogP contribution in [0, 0.1) is 12.7 Å². The van der Waals surface area contributed by atoms with Crippen molar-refractivity contribution in [2.75, 3.05) is 16.8 Å². The van der Waals surface area contributed by atoms with Crippen molar-refractivity contribution in [1.82, 2.24) is 5.32 Å². The lowest BCUT2D eigenvalue weighted by Crippen LogP contribution is -2.43. The van der Waals surface area contributed by atoms with Crippen molar-refractivity contribution >= 4 is 23.3 Å². The van der Waals surface area contributed by atoms with Gasteiger partial charge in [-0.05, 0) is 43.2 Å². The van der Waals surface area contributed by atoms with Crippen LogP contribution in [0.4, 0.5) is 20.6 Å². The van der Waals surface area contributed by atoms with Gasteiger partial charge in [0.05, 0.1) is 0 Å². The summed E-state index contributed by atoms with van der Waals surface area (Å²) in [5, 5.41) is 5.20. The van der Waals surface area contributed by atoms with Gasteiger partial charge in [0.15, 0.2) is 0 Å². The molecule has 1 saturated heterocycles. The average molecular weight is 327 g/mol. The Hall–Kier alpha value is -2.89. The molecule has 124 valence electrons. The summed E-state index contributed by atoms with van der Waals surface area (Å²) in [7, 11) is 0. The van der Waals surface area contributed by atoms with Crippen LogP contribution in [0.5, 0.6) is 0 Å². The smallest absolute Gasteiger partial charge is 0.319 e. The minimum Gasteiger partial charge on any atom is -0.326 e. The molecule has 5 nitrogen and oxygen atoms in total. The van der Waals surface area contributed by atoms with Gasteiger partial charge in [0.25, 0.3) is 0 Å². The summed E-state index contributed by atoms with van der Waals surface area (Å²) in [4.78, 5) is 26.1. The molecule has 0 radical (unpaired) electrons. The lowest BCUT2D eigenvalue weighted by Gasteiger charge is -2.17. The highest BCUT2D eigenvalue weighted by Gasteiger charge is 2.33. The zero-order chi connectivity index (χ0) is 17.1. The molecule has 0 aliphatic carbocycles. The van der Waals surface area contributed by atoms with Crippen LogP contribution in [0.25, 0.3) is 0 Å². The van der Waals surface area contributed by atoms with Gasteiger partial charge in [0.1, 0.15) is 11.9 Å². The standard InChI is InChI=1S/C18H18FN3O2/c1-12-7-8-13(11-15(12)19)20-18(24)21-16-9-10-22(17(16)23)14-5-3-2-4-6-14/h2-8,11,16H,9-10H2,1H3,(H2,20,21,24)/t16-/m1/s1. The van der Waals surface area contributed by atoms with E-state index in [-0.39, 0.29) is 11.7 Å². The minimum absolute atomic E-state index is 0.147. The molecule has 1 aliphatic rings. The van der Waals surface area contributed by atoms with E-state index in [9.17, 15) is 14.0 Å². The van der Waals surface area contributed by atoms with Gasteiger partial charge in [-0.1, -0.05) is 24.3 Å². The topological polar surface area (TPSA) is 61.4 Å². The first-order chi connectivity index (χ1) is 11.5. The number of para-hydroxylation sites is 1. The van der Waals surface area contributed by atoms with E-state index in [2.05, 4.69) is 10.6 Å². The molecule has 24 heavy (non-hydrogen) atoms. The second kappa shape index (κ2) is 6.70. The van der Waals surface area contributed by atoms with Gasteiger partial charge >= 0.3 is 6.03 Å². The predicted octanol–water partition coefficient (Wildman–Crippen LogP) is 3.06. The average Bonchev–Trinajstić information content (AvgIpc) is 2.92. The summed E-state index contributed by atoms with van der Waals surface area (Å²) in [6.45, 7) is 2.20. The first-order valence-electron chi connectivity index (χ1n) is 7.74. The van der Waals surface area contributed by atoms with Gasteiger partial charge < -0.3 is 15.5 Å². The number of nitrogens with zero attached hydrogens (tertiary/aromatic N) is 1. The first-order valence-corrected chi connectivity index (χ1v) is 7.74. The number of amides is 3. The lowest BCUT2D eigenvalue weighted by molar-refractivity contribution is -0.118. The molecule has 1 fully saturated rings. The van der Waals surface area contributed by atoms with Crippen LogP contribution in [-0.2, 0) is 4.79 Å². The summed E-state index contributed by atoms with van der Waals surface area (Å²) in [5.74, 6) is -0.536. The second-order valence-corrected chi connectivity index (χ2v) is 5.73. The van der Waals surface area contributed by atoms with Gasteiger partial charge in [0.2, 0.25) is 5.91 Å². The maximum Gasteiger partial charge on any atom is 0.319 e. The third kappa shape index (κ3) is 3.37. The summed E-state index contributed by atoms with van der Waals surface area (Å²) < 4.78 is 13.5. The largest absolute Gasteiger partial charge is 0.326 e. The van der Waals surface area contributed by atoms with Crippen LogP contribution in [0.3, 0.4) is 0 Å². The molecule has 0 unspecified atom stereocenters. The Morgan fingerprint density at radius 1 is 1.21 bits per heavy atom. The summed E-state index contributed by atoms with van der Waals surface area (Å²) >= 11 is 0. The molecule has 3 amide bonds. The molecule has 0 spiro atoms. The Labute approximate surface area is 139 Å². The van der Waals surface area contributed by atoms with Crippen LogP contribution in [-0.4, -0.2) is 24.5 Å². The fourth-order valence-corrected chi connectivity index (χ4v) is 2.67. The van der Waals surface area contributed by atoms with Crippen molar-refractivity contribution in [3.05, 3.63) is 59.9 Å². The van der Waals surface area contributed by atoms with E-state index in [1.54, 1.807) is 24.0 Å². The summed E-state index contributed by atoms with van der Waals surface area (Å²) in [6.07, 6.45) is 0.531. The predicted molar refractivity (Wildman–Crippen MR) is 90.5 cm³/mol. The number of rotatable bonds is 3. The highest BCUT2D eigenvalue weighted by molar-refractivity contribution is 6.02. The number of hydrogen-bond donors (Lipinski definition) is 2. The van der Waals surface area contributed by atoms with Crippen LogP contribution in [0.15, 0.2) is 48.5 Å². The van der Waals surface area contributed by atoms with Crippen molar-refractivity contribution in [3.63, 3.8) is 0 Å². The number of hydrogen-bond acceptors (Lipinski definition) is 2.